The molecule has 2 unspecified atom stereocenters. The van der Waals surface area contributed by atoms with Crippen molar-refractivity contribution in [2.45, 2.75) is 31.8 Å². The molecule has 0 spiro atoms. The Bertz CT molecular complexity index is 759. The Morgan fingerprint density at radius 2 is 1.96 bits per heavy atom. The normalized spacial score (nSPS) is 25.2. The maximum Gasteiger partial charge on any atom is 0.316 e. The number of sulfone groups is 1. The number of fused-ring (bicyclic) bond motifs is 1. The molecule has 0 aliphatic carbocycles. The van der Waals surface area contributed by atoms with Gasteiger partial charge in [-0.2, -0.15) is 0 Å². The molecule has 1 aromatic rings. The number of carbonyl (C=O) groups excluding carboxylic acids is 2. The minimum absolute atomic E-state index is 0.0609. The fraction of sp³-hybridized carbons (Fsp3) is 0.500. The third kappa shape index (κ3) is 2.85. The van der Waals surface area contributed by atoms with Crippen LogP contribution < -0.4 is 4.90 Å². The van der Waals surface area contributed by atoms with Crippen molar-refractivity contribution in [1.29, 1.82) is 0 Å². The molecular formula is C16H20N2O4S. The summed E-state index contributed by atoms with van der Waals surface area (Å²) in [5, 5.41) is 0. The molecular weight excluding hydrogens is 316 g/mol. The van der Waals surface area contributed by atoms with E-state index in [1.807, 2.05) is 31.2 Å². The fourth-order valence-corrected chi connectivity index (χ4v) is 5.15. The van der Waals surface area contributed by atoms with Gasteiger partial charge in [-0.05, 0) is 31.4 Å². The molecule has 2 aliphatic heterocycles. The lowest BCUT2D eigenvalue weighted by Crippen LogP contribution is -2.49. The summed E-state index contributed by atoms with van der Waals surface area (Å²) in [6, 6.07) is 7.06. The number of hydrogen-bond donors (Lipinski definition) is 0. The molecule has 0 saturated carbocycles. The molecule has 23 heavy (non-hydrogen) atoms. The number of carbonyl (C=O) groups is 2. The van der Waals surface area contributed by atoms with Crippen LogP contribution in [-0.2, 0) is 25.8 Å². The molecule has 2 atom stereocenters. The zero-order chi connectivity index (χ0) is 16.8. The van der Waals surface area contributed by atoms with Crippen LogP contribution in [0.2, 0.25) is 0 Å². The van der Waals surface area contributed by atoms with Crippen LogP contribution in [0, 0.1) is 0 Å². The predicted molar refractivity (Wildman–Crippen MR) is 86.9 cm³/mol. The summed E-state index contributed by atoms with van der Waals surface area (Å²) in [5.41, 5.74) is 1.82. The Kier molecular flexibility index (Phi) is 3.91. The molecule has 0 radical (unpaired) electrons. The van der Waals surface area contributed by atoms with Crippen LogP contribution in [0.15, 0.2) is 24.3 Å². The minimum Gasteiger partial charge on any atom is -0.333 e. The molecule has 1 fully saturated rings. The molecule has 2 amide bonds. The van der Waals surface area contributed by atoms with Crippen molar-refractivity contribution < 1.29 is 18.0 Å². The van der Waals surface area contributed by atoms with Crippen LogP contribution in [0.3, 0.4) is 0 Å². The van der Waals surface area contributed by atoms with Gasteiger partial charge in [-0.3, -0.25) is 9.59 Å². The van der Waals surface area contributed by atoms with Gasteiger partial charge in [-0.15, -0.1) is 0 Å². The van der Waals surface area contributed by atoms with Gasteiger partial charge < -0.3 is 9.80 Å². The molecule has 124 valence electrons. The monoisotopic (exact) mass is 336 g/mol. The lowest BCUT2D eigenvalue weighted by Gasteiger charge is -2.27. The van der Waals surface area contributed by atoms with Gasteiger partial charge in [0.05, 0.1) is 11.5 Å². The number of hydrogen-bond acceptors (Lipinski definition) is 4. The molecule has 1 aromatic carbocycles. The highest BCUT2D eigenvalue weighted by Crippen LogP contribution is 2.32. The van der Waals surface area contributed by atoms with Crippen molar-refractivity contribution in [2.75, 3.05) is 23.5 Å². The molecule has 0 bridgehead atoms. The first kappa shape index (κ1) is 16.0. The molecule has 7 heteroatoms. The third-order valence-corrected chi connectivity index (χ3v) is 6.44. The number of benzene rings is 1. The first-order valence-electron chi connectivity index (χ1n) is 7.69. The minimum atomic E-state index is -3.10. The topological polar surface area (TPSA) is 74.8 Å². The molecule has 6 nitrogen and oxygen atoms in total. The number of amides is 2. The van der Waals surface area contributed by atoms with Gasteiger partial charge in [0.25, 0.3) is 0 Å². The van der Waals surface area contributed by atoms with Crippen molar-refractivity contribution in [2.24, 2.45) is 0 Å². The highest BCUT2D eigenvalue weighted by Gasteiger charge is 2.39. The van der Waals surface area contributed by atoms with E-state index >= 15 is 0 Å². The standard InChI is InChI=1S/C16H20N2O4S/c1-11-9-12-5-3-4-6-14(12)18(11)16(20)15(19)17(2)13-7-8-23(21,22)10-13/h3-6,11,13H,7-10H2,1-2H3. The van der Waals surface area contributed by atoms with E-state index in [-0.39, 0.29) is 17.5 Å². The second-order valence-corrected chi connectivity index (χ2v) is 8.56. The maximum absolute atomic E-state index is 12.7. The Morgan fingerprint density at radius 1 is 1.26 bits per heavy atom. The van der Waals surface area contributed by atoms with E-state index in [0.29, 0.717) is 6.42 Å². The van der Waals surface area contributed by atoms with Crippen LogP contribution >= 0.6 is 0 Å². The summed E-state index contributed by atoms with van der Waals surface area (Å²) in [5.74, 6) is -1.22. The average Bonchev–Trinajstić information content (AvgIpc) is 3.03. The number of nitrogens with zero attached hydrogens (tertiary/aromatic N) is 2. The van der Waals surface area contributed by atoms with Crippen molar-refractivity contribution >= 4 is 27.3 Å². The van der Waals surface area contributed by atoms with Crippen LogP contribution in [0.25, 0.3) is 0 Å². The van der Waals surface area contributed by atoms with Crippen molar-refractivity contribution in [3.05, 3.63) is 29.8 Å². The van der Waals surface area contributed by atoms with E-state index in [9.17, 15) is 18.0 Å². The van der Waals surface area contributed by atoms with Crippen LogP contribution in [0.4, 0.5) is 5.69 Å². The molecule has 2 aliphatic rings. The summed E-state index contributed by atoms with van der Waals surface area (Å²) in [6.07, 6.45) is 1.11. The summed E-state index contributed by atoms with van der Waals surface area (Å²) in [4.78, 5) is 28.0. The third-order valence-electron chi connectivity index (χ3n) is 4.69. The van der Waals surface area contributed by atoms with Crippen molar-refractivity contribution in [1.82, 2.24) is 4.90 Å². The smallest absolute Gasteiger partial charge is 0.316 e. The fourth-order valence-electron chi connectivity index (χ4n) is 3.38. The lowest BCUT2D eigenvalue weighted by molar-refractivity contribution is -0.144. The first-order valence-corrected chi connectivity index (χ1v) is 9.51. The SMILES string of the molecule is CC1Cc2ccccc2N1C(=O)C(=O)N(C)C1CCS(=O)(=O)C1. The first-order chi connectivity index (χ1) is 10.8. The van der Waals surface area contributed by atoms with E-state index in [0.717, 1.165) is 17.7 Å². The van der Waals surface area contributed by atoms with Crippen molar-refractivity contribution in [3.8, 4) is 0 Å². The Labute approximate surface area is 136 Å². The molecule has 0 aromatic heterocycles. The average molecular weight is 336 g/mol. The van der Waals surface area contributed by atoms with E-state index in [1.54, 1.807) is 0 Å². The zero-order valence-electron chi connectivity index (χ0n) is 13.2. The largest absolute Gasteiger partial charge is 0.333 e. The van der Waals surface area contributed by atoms with Gasteiger partial charge in [-0.25, -0.2) is 8.42 Å². The van der Waals surface area contributed by atoms with Gasteiger partial charge in [-0.1, -0.05) is 18.2 Å². The highest BCUT2D eigenvalue weighted by molar-refractivity contribution is 7.91. The second-order valence-electron chi connectivity index (χ2n) is 6.33. The summed E-state index contributed by atoms with van der Waals surface area (Å²) < 4.78 is 23.2. The van der Waals surface area contributed by atoms with Crippen LogP contribution in [0.5, 0.6) is 0 Å². The van der Waals surface area contributed by atoms with Gasteiger partial charge in [0.2, 0.25) is 0 Å². The van der Waals surface area contributed by atoms with E-state index in [2.05, 4.69) is 0 Å². The molecule has 3 rings (SSSR count). The molecule has 2 heterocycles. The van der Waals surface area contributed by atoms with E-state index < -0.39 is 27.7 Å². The number of rotatable bonds is 1. The van der Waals surface area contributed by atoms with Gasteiger partial charge in [0, 0.05) is 24.8 Å². The van der Waals surface area contributed by atoms with Gasteiger partial charge >= 0.3 is 11.8 Å². The number of para-hydroxylation sites is 1. The quantitative estimate of drug-likeness (QED) is 0.704. The summed E-state index contributed by atoms with van der Waals surface area (Å²) in [7, 11) is -1.58. The zero-order valence-corrected chi connectivity index (χ0v) is 14.0. The number of anilines is 1. The van der Waals surface area contributed by atoms with Crippen LogP contribution in [0.1, 0.15) is 18.9 Å². The van der Waals surface area contributed by atoms with E-state index in [1.165, 1.54) is 16.8 Å². The van der Waals surface area contributed by atoms with Gasteiger partial charge in [0.1, 0.15) is 0 Å². The Morgan fingerprint density at radius 3 is 2.61 bits per heavy atom. The second kappa shape index (κ2) is 5.63. The Hall–Kier alpha value is -1.89. The highest BCUT2D eigenvalue weighted by atomic mass is 32.2. The lowest BCUT2D eigenvalue weighted by atomic mass is 10.1. The predicted octanol–water partition coefficient (Wildman–Crippen LogP) is 0.610. The number of likely N-dealkylation sites (N-methyl/N-ethyl adjacent to an activating group) is 1. The summed E-state index contributed by atoms with van der Waals surface area (Å²) >= 11 is 0. The molecule has 1 saturated heterocycles. The maximum atomic E-state index is 12.7. The van der Waals surface area contributed by atoms with E-state index in [4.69, 9.17) is 0 Å². The van der Waals surface area contributed by atoms with Crippen molar-refractivity contribution in [3.63, 3.8) is 0 Å². The van der Waals surface area contributed by atoms with Gasteiger partial charge in [0.15, 0.2) is 9.84 Å². The molecule has 0 N–H and O–H groups in total. The Balaban J connectivity index is 1.79. The van der Waals surface area contributed by atoms with Crippen LogP contribution in [-0.4, -0.2) is 55.8 Å². The summed E-state index contributed by atoms with van der Waals surface area (Å²) in [6.45, 7) is 1.91.